The quantitative estimate of drug-likeness (QED) is 0.875. The summed E-state index contributed by atoms with van der Waals surface area (Å²) in [7, 11) is 0. The lowest BCUT2D eigenvalue weighted by Crippen LogP contribution is -2.49. The minimum Gasteiger partial charge on any atom is -0.337 e. The van der Waals surface area contributed by atoms with Crippen LogP contribution in [-0.4, -0.2) is 40.9 Å². The number of aryl methyl sites for hydroxylation is 2. The molecule has 5 heteroatoms. The van der Waals surface area contributed by atoms with Crippen LogP contribution in [0.2, 0.25) is 0 Å². The maximum Gasteiger partial charge on any atom is 0.245 e. The van der Waals surface area contributed by atoms with Gasteiger partial charge in [0.1, 0.15) is 0 Å². The zero-order chi connectivity index (χ0) is 14.1. The summed E-state index contributed by atoms with van der Waals surface area (Å²) in [5.41, 5.74) is 3.58. The maximum absolute atomic E-state index is 4.67. The normalized spacial score (nSPS) is 19.4. The van der Waals surface area contributed by atoms with Crippen molar-refractivity contribution < 1.29 is 0 Å². The van der Waals surface area contributed by atoms with E-state index in [1.165, 1.54) is 11.1 Å². The number of hydrogen-bond donors (Lipinski definition) is 2. The molecule has 1 atom stereocenters. The summed E-state index contributed by atoms with van der Waals surface area (Å²) in [5, 5.41) is 10.9. The van der Waals surface area contributed by atoms with E-state index in [4.69, 9.17) is 0 Å². The lowest BCUT2D eigenvalue weighted by Gasteiger charge is -2.30. The second-order valence-electron chi connectivity index (χ2n) is 5.60. The Balaban J connectivity index is 1.88. The van der Waals surface area contributed by atoms with Crippen molar-refractivity contribution in [3.8, 4) is 11.4 Å². The van der Waals surface area contributed by atoms with E-state index in [0.717, 1.165) is 37.0 Å². The first kappa shape index (κ1) is 13.1. The lowest BCUT2D eigenvalue weighted by molar-refractivity contribution is 0.480. The van der Waals surface area contributed by atoms with Crippen LogP contribution in [0.25, 0.3) is 11.4 Å². The molecule has 0 bridgehead atoms. The molecule has 106 valence electrons. The summed E-state index contributed by atoms with van der Waals surface area (Å²) in [5.74, 6) is 1.65. The Morgan fingerprint density at radius 2 is 2.15 bits per heavy atom. The van der Waals surface area contributed by atoms with Crippen molar-refractivity contribution in [1.82, 2.24) is 20.5 Å². The Kier molecular flexibility index (Phi) is 3.44. The van der Waals surface area contributed by atoms with Crippen molar-refractivity contribution in [2.75, 3.05) is 24.5 Å². The minimum absolute atomic E-state index is 0.478. The predicted molar refractivity (Wildman–Crippen MR) is 81.0 cm³/mol. The van der Waals surface area contributed by atoms with Gasteiger partial charge in [0.15, 0.2) is 5.82 Å². The number of anilines is 1. The number of aromatic amines is 1. The first-order valence-electron chi connectivity index (χ1n) is 7.12. The minimum atomic E-state index is 0.478. The van der Waals surface area contributed by atoms with E-state index >= 15 is 0 Å². The molecule has 2 N–H and O–H groups in total. The summed E-state index contributed by atoms with van der Waals surface area (Å²) in [6, 6.07) is 6.87. The van der Waals surface area contributed by atoms with Gasteiger partial charge in [-0.25, -0.2) is 0 Å². The number of rotatable bonds is 2. The van der Waals surface area contributed by atoms with Gasteiger partial charge in [-0.1, -0.05) is 17.7 Å². The highest BCUT2D eigenvalue weighted by Gasteiger charge is 2.19. The molecule has 20 heavy (non-hydrogen) atoms. The average Bonchev–Trinajstić information content (AvgIpc) is 2.91. The van der Waals surface area contributed by atoms with Crippen molar-refractivity contribution in [2.24, 2.45) is 0 Å². The smallest absolute Gasteiger partial charge is 0.245 e. The molecule has 0 spiro atoms. The molecule has 1 fully saturated rings. The first-order valence-corrected chi connectivity index (χ1v) is 7.12. The van der Waals surface area contributed by atoms with Crippen molar-refractivity contribution in [3.05, 3.63) is 29.3 Å². The van der Waals surface area contributed by atoms with Crippen molar-refractivity contribution >= 4 is 5.95 Å². The van der Waals surface area contributed by atoms with E-state index in [2.05, 4.69) is 64.4 Å². The Morgan fingerprint density at radius 1 is 1.30 bits per heavy atom. The molecular weight excluding hydrogens is 250 g/mol. The molecular formula is C15H21N5. The van der Waals surface area contributed by atoms with Crippen LogP contribution in [0, 0.1) is 13.8 Å². The number of piperazine rings is 1. The summed E-state index contributed by atoms with van der Waals surface area (Å²) >= 11 is 0. The Bertz CT molecular complexity index is 604. The first-order chi connectivity index (χ1) is 9.63. The van der Waals surface area contributed by atoms with Gasteiger partial charge in [0.2, 0.25) is 5.95 Å². The second-order valence-corrected chi connectivity index (χ2v) is 5.60. The van der Waals surface area contributed by atoms with E-state index in [0.29, 0.717) is 6.04 Å². The number of aromatic nitrogens is 3. The van der Waals surface area contributed by atoms with E-state index in [9.17, 15) is 0 Å². The highest BCUT2D eigenvalue weighted by molar-refractivity contribution is 5.62. The SMILES string of the molecule is Cc1ccc(C)c(-c2nc(N3CCN[C@@H](C)C3)n[nH]2)c1. The number of hydrogen-bond acceptors (Lipinski definition) is 4. The third-order valence-corrected chi connectivity index (χ3v) is 3.77. The zero-order valence-corrected chi connectivity index (χ0v) is 12.3. The maximum atomic E-state index is 4.67. The van der Waals surface area contributed by atoms with Crippen molar-refractivity contribution in [3.63, 3.8) is 0 Å². The Labute approximate surface area is 119 Å². The standard InChI is InChI=1S/C15H21N5/c1-10-4-5-11(2)13(8-10)14-17-15(19-18-14)20-7-6-16-12(3)9-20/h4-5,8,12,16H,6-7,9H2,1-3H3,(H,17,18,19)/t12-/m0/s1. The molecule has 0 aliphatic carbocycles. The molecule has 0 saturated carbocycles. The summed E-state index contributed by atoms with van der Waals surface area (Å²) in [6.45, 7) is 9.26. The number of H-pyrrole nitrogens is 1. The third kappa shape index (κ3) is 2.54. The van der Waals surface area contributed by atoms with Gasteiger partial charge in [-0.3, -0.25) is 5.10 Å². The van der Waals surface area contributed by atoms with Gasteiger partial charge in [0, 0.05) is 31.2 Å². The monoisotopic (exact) mass is 271 g/mol. The lowest BCUT2D eigenvalue weighted by atomic mass is 10.1. The highest BCUT2D eigenvalue weighted by Crippen LogP contribution is 2.23. The molecule has 1 aliphatic heterocycles. The van der Waals surface area contributed by atoms with Gasteiger partial charge in [0.05, 0.1) is 0 Å². The Hall–Kier alpha value is -1.88. The van der Waals surface area contributed by atoms with Crippen LogP contribution in [0.3, 0.4) is 0 Å². The fourth-order valence-corrected chi connectivity index (χ4v) is 2.62. The number of nitrogens with zero attached hydrogens (tertiary/aromatic N) is 3. The molecule has 5 nitrogen and oxygen atoms in total. The van der Waals surface area contributed by atoms with Gasteiger partial charge >= 0.3 is 0 Å². The van der Waals surface area contributed by atoms with Crippen LogP contribution in [0.5, 0.6) is 0 Å². The summed E-state index contributed by atoms with van der Waals surface area (Å²) in [4.78, 5) is 6.90. The molecule has 1 aromatic carbocycles. The van der Waals surface area contributed by atoms with E-state index in [1.54, 1.807) is 0 Å². The van der Waals surface area contributed by atoms with E-state index in [1.807, 2.05) is 0 Å². The Morgan fingerprint density at radius 3 is 2.95 bits per heavy atom. The van der Waals surface area contributed by atoms with Crippen LogP contribution in [0.4, 0.5) is 5.95 Å². The predicted octanol–water partition coefficient (Wildman–Crippen LogP) is 1.89. The fourth-order valence-electron chi connectivity index (χ4n) is 2.62. The average molecular weight is 271 g/mol. The van der Waals surface area contributed by atoms with Crippen LogP contribution in [0.15, 0.2) is 18.2 Å². The van der Waals surface area contributed by atoms with Crippen LogP contribution < -0.4 is 10.2 Å². The number of benzene rings is 1. The zero-order valence-electron chi connectivity index (χ0n) is 12.3. The van der Waals surface area contributed by atoms with Crippen LogP contribution >= 0.6 is 0 Å². The topological polar surface area (TPSA) is 56.8 Å². The molecule has 0 unspecified atom stereocenters. The fraction of sp³-hybridized carbons (Fsp3) is 0.467. The van der Waals surface area contributed by atoms with Crippen molar-refractivity contribution in [1.29, 1.82) is 0 Å². The van der Waals surface area contributed by atoms with E-state index in [-0.39, 0.29) is 0 Å². The summed E-state index contributed by atoms with van der Waals surface area (Å²) < 4.78 is 0. The molecule has 2 heterocycles. The van der Waals surface area contributed by atoms with Gasteiger partial charge in [-0.05, 0) is 32.4 Å². The highest BCUT2D eigenvalue weighted by atomic mass is 15.4. The molecule has 2 aromatic rings. The number of nitrogens with one attached hydrogen (secondary N) is 2. The van der Waals surface area contributed by atoms with Crippen molar-refractivity contribution in [2.45, 2.75) is 26.8 Å². The van der Waals surface area contributed by atoms with Crippen LogP contribution in [0.1, 0.15) is 18.1 Å². The van der Waals surface area contributed by atoms with E-state index < -0.39 is 0 Å². The molecule has 0 radical (unpaired) electrons. The third-order valence-electron chi connectivity index (χ3n) is 3.77. The molecule has 3 rings (SSSR count). The molecule has 1 saturated heterocycles. The molecule has 1 aliphatic rings. The largest absolute Gasteiger partial charge is 0.337 e. The van der Waals surface area contributed by atoms with Gasteiger partial charge in [0.25, 0.3) is 0 Å². The molecule has 1 aromatic heterocycles. The second kappa shape index (κ2) is 5.25. The summed E-state index contributed by atoms with van der Waals surface area (Å²) in [6.07, 6.45) is 0. The van der Waals surface area contributed by atoms with Gasteiger partial charge in [-0.2, -0.15) is 4.98 Å². The van der Waals surface area contributed by atoms with Gasteiger partial charge < -0.3 is 10.2 Å². The van der Waals surface area contributed by atoms with Crippen LogP contribution in [-0.2, 0) is 0 Å². The molecule has 0 amide bonds. The van der Waals surface area contributed by atoms with Gasteiger partial charge in [-0.15, -0.1) is 5.10 Å².